The van der Waals surface area contributed by atoms with Crippen LogP contribution in [0, 0.1) is 0 Å². The summed E-state index contributed by atoms with van der Waals surface area (Å²) in [4.78, 5) is 20.1. The summed E-state index contributed by atoms with van der Waals surface area (Å²) in [6, 6.07) is 17.1. The number of hydrogen-bond acceptors (Lipinski definition) is 2. The molecule has 2 aromatic rings. The molecule has 0 unspecified atom stereocenters. The number of benzene rings is 2. The predicted octanol–water partition coefficient (Wildman–Crippen LogP) is 3.09. The van der Waals surface area contributed by atoms with Crippen molar-refractivity contribution in [2.75, 3.05) is 0 Å². The number of primary amides is 1. The van der Waals surface area contributed by atoms with Gasteiger partial charge in [-0.3, -0.25) is 4.79 Å². The van der Waals surface area contributed by atoms with E-state index in [1.807, 2.05) is 48.5 Å². The molecule has 2 rings (SSSR count). The van der Waals surface area contributed by atoms with Crippen LogP contribution in [0.3, 0.4) is 0 Å². The second-order valence-electron chi connectivity index (χ2n) is 4.08. The van der Waals surface area contributed by atoms with E-state index < -0.39 is 18.1 Å². The Morgan fingerprint density at radius 2 is 1.36 bits per heavy atom. The van der Waals surface area contributed by atoms with Crippen molar-refractivity contribution < 1.29 is 27.9 Å². The van der Waals surface area contributed by atoms with Crippen molar-refractivity contribution in [3.63, 3.8) is 0 Å². The van der Waals surface area contributed by atoms with Crippen LogP contribution in [-0.4, -0.2) is 23.2 Å². The normalized spacial score (nSPS) is 10.3. The maximum Gasteiger partial charge on any atom is 0.490 e. The molecule has 0 aromatic heterocycles. The summed E-state index contributed by atoms with van der Waals surface area (Å²) in [7, 11) is 0. The lowest BCUT2D eigenvalue weighted by Crippen LogP contribution is -2.21. The van der Waals surface area contributed by atoms with Crippen LogP contribution in [-0.2, 0) is 4.79 Å². The molecule has 0 aliphatic rings. The summed E-state index contributed by atoms with van der Waals surface area (Å²) in [5.41, 5.74) is 7.76. The minimum absolute atomic E-state index is 0.394. The van der Waals surface area contributed by atoms with Crippen LogP contribution in [0.1, 0.15) is 10.4 Å². The predicted molar refractivity (Wildman–Crippen MR) is 74.1 cm³/mol. The highest BCUT2D eigenvalue weighted by molar-refractivity contribution is 5.99. The Hall–Kier alpha value is -2.83. The molecule has 116 valence electrons. The molecule has 22 heavy (non-hydrogen) atoms. The first kappa shape index (κ1) is 17.2. The van der Waals surface area contributed by atoms with Crippen molar-refractivity contribution in [1.82, 2.24) is 0 Å². The lowest BCUT2D eigenvalue weighted by atomic mass is 9.99. The largest absolute Gasteiger partial charge is 0.490 e. The van der Waals surface area contributed by atoms with E-state index >= 15 is 0 Å². The van der Waals surface area contributed by atoms with Gasteiger partial charge in [-0.15, -0.1) is 0 Å². The number of carbonyl (C=O) groups excluding carboxylic acids is 1. The number of carbonyl (C=O) groups is 2. The molecule has 0 aliphatic heterocycles. The maximum atomic E-state index is 11.2. The summed E-state index contributed by atoms with van der Waals surface area (Å²) in [5, 5.41) is 7.12. The van der Waals surface area contributed by atoms with E-state index in [0.29, 0.717) is 5.56 Å². The molecule has 0 heterocycles. The van der Waals surface area contributed by atoms with Crippen LogP contribution >= 0.6 is 0 Å². The third kappa shape index (κ3) is 4.93. The SMILES string of the molecule is NC(=O)c1ccccc1-c1ccccc1.O=C(O)C(F)(F)F. The van der Waals surface area contributed by atoms with Crippen molar-refractivity contribution in [1.29, 1.82) is 0 Å². The molecule has 0 spiro atoms. The minimum atomic E-state index is -5.08. The molecule has 0 saturated carbocycles. The summed E-state index contributed by atoms with van der Waals surface area (Å²) in [5.74, 6) is -3.15. The highest BCUT2D eigenvalue weighted by atomic mass is 19.4. The Bertz CT molecular complexity index is 655. The van der Waals surface area contributed by atoms with Crippen molar-refractivity contribution in [3.8, 4) is 11.1 Å². The number of carboxylic acids is 1. The third-order valence-corrected chi connectivity index (χ3v) is 2.52. The number of alkyl halides is 3. The summed E-state index contributed by atoms with van der Waals surface area (Å²) < 4.78 is 31.7. The first-order chi connectivity index (χ1) is 10.2. The molecule has 1 amide bonds. The average molecular weight is 311 g/mol. The molecule has 3 N–H and O–H groups in total. The van der Waals surface area contributed by atoms with Crippen molar-refractivity contribution in [3.05, 3.63) is 60.2 Å². The Morgan fingerprint density at radius 1 is 0.909 bits per heavy atom. The second-order valence-corrected chi connectivity index (χ2v) is 4.08. The van der Waals surface area contributed by atoms with Gasteiger partial charge in [0.15, 0.2) is 0 Å². The fourth-order valence-electron chi connectivity index (χ4n) is 1.57. The number of halogens is 3. The number of aliphatic carboxylic acids is 1. The zero-order valence-electron chi connectivity index (χ0n) is 11.2. The quantitative estimate of drug-likeness (QED) is 0.894. The van der Waals surface area contributed by atoms with Crippen LogP contribution in [0.5, 0.6) is 0 Å². The highest BCUT2D eigenvalue weighted by Crippen LogP contribution is 2.22. The van der Waals surface area contributed by atoms with Gasteiger partial charge in [-0.2, -0.15) is 13.2 Å². The first-order valence-electron chi connectivity index (χ1n) is 5.98. The summed E-state index contributed by atoms with van der Waals surface area (Å²) in [6.07, 6.45) is -5.08. The minimum Gasteiger partial charge on any atom is -0.475 e. The fraction of sp³-hybridized carbons (Fsp3) is 0.0667. The van der Waals surface area contributed by atoms with E-state index in [9.17, 15) is 18.0 Å². The van der Waals surface area contributed by atoms with Gasteiger partial charge < -0.3 is 10.8 Å². The van der Waals surface area contributed by atoms with E-state index in [0.717, 1.165) is 11.1 Å². The van der Waals surface area contributed by atoms with Crippen LogP contribution in [0.2, 0.25) is 0 Å². The standard InChI is InChI=1S/C13H11NO.C2HF3O2/c14-13(15)12-9-5-4-8-11(12)10-6-2-1-3-7-10;3-2(4,5)1(6)7/h1-9H,(H2,14,15);(H,6,7). The van der Waals surface area contributed by atoms with E-state index in [-0.39, 0.29) is 0 Å². The first-order valence-corrected chi connectivity index (χ1v) is 5.98. The van der Waals surface area contributed by atoms with Gasteiger partial charge in [0.25, 0.3) is 0 Å². The Kier molecular flexibility index (Phi) is 5.68. The van der Waals surface area contributed by atoms with E-state index in [1.165, 1.54) is 0 Å². The average Bonchev–Trinajstić information content (AvgIpc) is 2.48. The van der Waals surface area contributed by atoms with Gasteiger partial charge in [0.1, 0.15) is 0 Å². The van der Waals surface area contributed by atoms with E-state index in [4.69, 9.17) is 15.6 Å². The van der Waals surface area contributed by atoms with Crippen LogP contribution in [0.15, 0.2) is 54.6 Å². The molecule has 4 nitrogen and oxygen atoms in total. The van der Waals surface area contributed by atoms with Gasteiger partial charge in [0, 0.05) is 5.56 Å². The van der Waals surface area contributed by atoms with Crippen LogP contribution in [0.25, 0.3) is 11.1 Å². The van der Waals surface area contributed by atoms with Gasteiger partial charge in [-0.05, 0) is 17.2 Å². The smallest absolute Gasteiger partial charge is 0.475 e. The zero-order chi connectivity index (χ0) is 16.8. The zero-order valence-corrected chi connectivity index (χ0v) is 11.2. The summed E-state index contributed by atoms with van der Waals surface area (Å²) in [6.45, 7) is 0. The molecule has 0 saturated heterocycles. The molecule has 0 fully saturated rings. The molecule has 7 heteroatoms. The van der Waals surface area contributed by atoms with Crippen LogP contribution < -0.4 is 5.73 Å². The van der Waals surface area contributed by atoms with E-state index in [1.54, 1.807) is 6.07 Å². The van der Waals surface area contributed by atoms with E-state index in [2.05, 4.69) is 0 Å². The number of amides is 1. The molecular formula is C15H12F3NO3. The van der Waals surface area contributed by atoms with Crippen molar-refractivity contribution in [2.45, 2.75) is 6.18 Å². The number of rotatable bonds is 2. The maximum absolute atomic E-state index is 11.2. The second kappa shape index (κ2) is 7.26. The lowest BCUT2D eigenvalue weighted by molar-refractivity contribution is -0.192. The molecule has 0 radical (unpaired) electrons. The van der Waals surface area contributed by atoms with Gasteiger partial charge >= 0.3 is 12.1 Å². The fourth-order valence-corrected chi connectivity index (χ4v) is 1.57. The van der Waals surface area contributed by atoms with Gasteiger partial charge in [0.2, 0.25) is 5.91 Å². The Morgan fingerprint density at radius 3 is 1.82 bits per heavy atom. The lowest BCUT2D eigenvalue weighted by Gasteiger charge is -2.05. The number of nitrogens with two attached hydrogens (primary N) is 1. The molecular weight excluding hydrogens is 299 g/mol. The molecule has 0 aliphatic carbocycles. The summed E-state index contributed by atoms with van der Waals surface area (Å²) >= 11 is 0. The molecule has 0 atom stereocenters. The Labute approximate surface area is 124 Å². The van der Waals surface area contributed by atoms with Gasteiger partial charge in [-0.25, -0.2) is 4.79 Å². The van der Waals surface area contributed by atoms with Crippen molar-refractivity contribution >= 4 is 11.9 Å². The molecule has 0 bridgehead atoms. The topological polar surface area (TPSA) is 80.4 Å². The van der Waals surface area contributed by atoms with Crippen LogP contribution in [0.4, 0.5) is 13.2 Å². The number of hydrogen-bond donors (Lipinski definition) is 2. The number of carboxylic acid groups (broad SMARTS) is 1. The monoisotopic (exact) mass is 311 g/mol. The molecule has 2 aromatic carbocycles. The van der Waals surface area contributed by atoms with Crippen molar-refractivity contribution in [2.24, 2.45) is 5.73 Å². The highest BCUT2D eigenvalue weighted by Gasteiger charge is 2.38. The van der Waals surface area contributed by atoms with Gasteiger partial charge in [-0.1, -0.05) is 48.5 Å². The Balaban J connectivity index is 0.000000295. The van der Waals surface area contributed by atoms with Gasteiger partial charge in [0.05, 0.1) is 0 Å². The third-order valence-electron chi connectivity index (χ3n) is 2.52.